The number of benzene rings is 1. The quantitative estimate of drug-likeness (QED) is 0.741. The fourth-order valence-electron chi connectivity index (χ4n) is 2.63. The minimum Gasteiger partial charge on any atom is -0.198 e. The van der Waals surface area contributed by atoms with Gasteiger partial charge in [0.05, 0.1) is 12.0 Å². The minimum absolute atomic E-state index is 0.00885. The maximum Gasteiger partial charge on any atom is 0.0700 e. The number of halogens is 1. The molecule has 0 heterocycles. The number of nitrogens with zero attached hydrogens (tertiary/aromatic N) is 1. The highest BCUT2D eigenvalue weighted by Gasteiger charge is 2.19. The van der Waals surface area contributed by atoms with Crippen LogP contribution in [0.3, 0.4) is 0 Å². The first-order valence-corrected chi connectivity index (χ1v) is 7.20. The Hall–Kier alpha value is -0.810. The third-order valence-electron chi connectivity index (χ3n) is 3.76. The van der Waals surface area contributed by atoms with Crippen LogP contribution in [0, 0.1) is 11.3 Å². The van der Waals surface area contributed by atoms with Crippen LogP contribution in [0.15, 0.2) is 22.7 Å². The molecule has 1 atom stereocenters. The van der Waals surface area contributed by atoms with Crippen LogP contribution >= 0.6 is 15.9 Å². The van der Waals surface area contributed by atoms with Crippen molar-refractivity contribution in [2.75, 3.05) is 0 Å². The Kier molecular flexibility index (Phi) is 4.23. The molecule has 1 unspecified atom stereocenters. The molecule has 17 heavy (non-hydrogen) atoms. The standard InChI is InChI=1S/C15H18BrN/c1-11(10-17)13-7-8-15(16)14(9-13)12-5-3-2-4-6-12/h7-9,11-12H,2-6H2,1H3. The zero-order valence-electron chi connectivity index (χ0n) is 10.2. The highest BCUT2D eigenvalue weighted by molar-refractivity contribution is 9.10. The van der Waals surface area contributed by atoms with E-state index >= 15 is 0 Å². The molecule has 1 aromatic carbocycles. The molecular weight excluding hydrogens is 274 g/mol. The molecule has 0 N–H and O–H groups in total. The molecule has 90 valence electrons. The third-order valence-corrected chi connectivity index (χ3v) is 4.48. The van der Waals surface area contributed by atoms with Gasteiger partial charge in [-0.25, -0.2) is 0 Å². The van der Waals surface area contributed by atoms with Crippen molar-refractivity contribution < 1.29 is 0 Å². The Bertz CT molecular complexity index is 427. The number of nitriles is 1. The van der Waals surface area contributed by atoms with Crippen LogP contribution in [0.4, 0.5) is 0 Å². The molecular formula is C15H18BrN. The Morgan fingerprint density at radius 3 is 2.65 bits per heavy atom. The van der Waals surface area contributed by atoms with Crippen molar-refractivity contribution in [3.05, 3.63) is 33.8 Å². The van der Waals surface area contributed by atoms with E-state index in [9.17, 15) is 0 Å². The largest absolute Gasteiger partial charge is 0.198 e. The van der Waals surface area contributed by atoms with E-state index in [2.05, 4.69) is 40.2 Å². The number of hydrogen-bond acceptors (Lipinski definition) is 1. The molecule has 1 aliphatic carbocycles. The van der Waals surface area contributed by atoms with Crippen LogP contribution in [0.1, 0.15) is 62.0 Å². The predicted octanol–water partition coefficient (Wildman–Crippen LogP) is 5.12. The second-order valence-electron chi connectivity index (χ2n) is 4.97. The van der Waals surface area contributed by atoms with E-state index in [4.69, 9.17) is 5.26 Å². The number of rotatable bonds is 2. The summed E-state index contributed by atoms with van der Waals surface area (Å²) in [6, 6.07) is 8.71. The van der Waals surface area contributed by atoms with Gasteiger partial charge in [-0.1, -0.05) is 47.3 Å². The van der Waals surface area contributed by atoms with Gasteiger partial charge in [0.2, 0.25) is 0 Å². The van der Waals surface area contributed by atoms with Crippen LogP contribution in [-0.4, -0.2) is 0 Å². The monoisotopic (exact) mass is 291 g/mol. The zero-order chi connectivity index (χ0) is 12.3. The highest BCUT2D eigenvalue weighted by Crippen LogP contribution is 2.37. The first kappa shape index (κ1) is 12.6. The minimum atomic E-state index is -0.00885. The molecule has 1 aliphatic rings. The van der Waals surface area contributed by atoms with Crippen LogP contribution in [0.5, 0.6) is 0 Å². The fraction of sp³-hybridized carbons (Fsp3) is 0.533. The molecule has 0 saturated heterocycles. The van der Waals surface area contributed by atoms with Gasteiger partial charge in [0.15, 0.2) is 0 Å². The van der Waals surface area contributed by atoms with E-state index in [0.29, 0.717) is 5.92 Å². The Morgan fingerprint density at radius 1 is 1.29 bits per heavy atom. The highest BCUT2D eigenvalue weighted by atomic mass is 79.9. The molecule has 1 nitrogen and oxygen atoms in total. The summed E-state index contributed by atoms with van der Waals surface area (Å²) in [5.74, 6) is 0.675. The molecule has 0 aliphatic heterocycles. The predicted molar refractivity (Wildman–Crippen MR) is 74.0 cm³/mol. The maximum atomic E-state index is 9.00. The molecule has 0 amide bonds. The van der Waals surface area contributed by atoms with Crippen molar-refractivity contribution in [1.82, 2.24) is 0 Å². The molecule has 2 rings (SSSR count). The summed E-state index contributed by atoms with van der Waals surface area (Å²) in [6.45, 7) is 1.97. The van der Waals surface area contributed by atoms with E-state index < -0.39 is 0 Å². The van der Waals surface area contributed by atoms with Gasteiger partial charge in [-0.15, -0.1) is 0 Å². The maximum absolute atomic E-state index is 9.00. The summed E-state index contributed by atoms with van der Waals surface area (Å²) in [7, 11) is 0. The van der Waals surface area contributed by atoms with Gasteiger partial charge in [0.25, 0.3) is 0 Å². The van der Waals surface area contributed by atoms with E-state index in [1.165, 1.54) is 42.1 Å². The molecule has 1 aromatic rings. The normalized spacial score (nSPS) is 18.6. The van der Waals surface area contributed by atoms with Crippen molar-refractivity contribution in [3.63, 3.8) is 0 Å². The second kappa shape index (κ2) is 5.69. The Labute approximate surface area is 112 Å². The second-order valence-corrected chi connectivity index (χ2v) is 5.82. The Morgan fingerprint density at radius 2 is 2.00 bits per heavy atom. The summed E-state index contributed by atoms with van der Waals surface area (Å²) in [4.78, 5) is 0. The van der Waals surface area contributed by atoms with Crippen molar-refractivity contribution in [2.45, 2.75) is 50.9 Å². The topological polar surface area (TPSA) is 23.8 Å². The van der Waals surface area contributed by atoms with E-state index in [1.807, 2.05) is 6.92 Å². The molecule has 1 fully saturated rings. The lowest BCUT2D eigenvalue weighted by molar-refractivity contribution is 0.442. The number of hydrogen-bond donors (Lipinski definition) is 0. The van der Waals surface area contributed by atoms with Gasteiger partial charge < -0.3 is 0 Å². The van der Waals surface area contributed by atoms with Gasteiger partial charge >= 0.3 is 0 Å². The van der Waals surface area contributed by atoms with Gasteiger partial charge in [-0.05, 0) is 42.9 Å². The average Bonchev–Trinajstić information content (AvgIpc) is 2.39. The summed E-state index contributed by atoms with van der Waals surface area (Å²) in [6.07, 6.45) is 6.65. The lowest BCUT2D eigenvalue weighted by Crippen LogP contribution is -2.06. The van der Waals surface area contributed by atoms with Gasteiger partial charge in [0.1, 0.15) is 0 Å². The smallest absolute Gasteiger partial charge is 0.0700 e. The molecule has 0 aromatic heterocycles. The molecule has 2 heteroatoms. The third kappa shape index (κ3) is 2.90. The van der Waals surface area contributed by atoms with Crippen molar-refractivity contribution in [2.24, 2.45) is 0 Å². The van der Waals surface area contributed by atoms with Gasteiger partial charge in [-0.2, -0.15) is 5.26 Å². The van der Waals surface area contributed by atoms with E-state index in [-0.39, 0.29) is 5.92 Å². The van der Waals surface area contributed by atoms with Crippen molar-refractivity contribution in [3.8, 4) is 6.07 Å². The molecule has 1 saturated carbocycles. The average molecular weight is 292 g/mol. The first-order valence-electron chi connectivity index (χ1n) is 6.41. The molecule has 0 bridgehead atoms. The lowest BCUT2D eigenvalue weighted by Gasteiger charge is -2.23. The summed E-state index contributed by atoms with van der Waals surface area (Å²) >= 11 is 3.65. The van der Waals surface area contributed by atoms with Crippen LogP contribution in [0.2, 0.25) is 0 Å². The first-order chi connectivity index (χ1) is 8.22. The lowest BCUT2D eigenvalue weighted by atomic mass is 9.83. The summed E-state index contributed by atoms with van der Waals surface area (Å²) < 4.78 is 1.21. The van der Waals surface area contributed by atoms with E-state index in [0.717, 1.165) is 5.56 Å². The fourth-order valence-corrected chi connectivity index (χ4v) is 3.20. The zero-order valence-corrected chi connectivity index (χ0v) is 11.8. The van der Waals surface area contributed by atoms with Gasteiger partial charge in [0, 0.05) is 4.47 Å². The van der Waals surface area contributed by atoms with E-state index in [1.54, 1.807) is 0 Å². The van der Waals surface area contributed by atoms with Crippen LogP contribution in [0.25, 0.3) is 0 Å². The summed E-state index contributed by atoms with van der Waals surface area (Å²) in [5.41, 5.74) is 2.56. The van der Waals surface area contributed by atoms with Crippen LogP contribution < -0.4 is 0 Å². The van der Waals surface area contributed by atoms with Gasteiger partial charge in [-0.3, -0.25) is 0 Å². The van der Waals surface area contributed by atoms with Crippen molar-refractivity contribution >= 4 is 15.9 Å². The summed E-state index contributed by atoms with van der Waals surface area (Å²) in [5, 5.41) is 9.00. The Balaban J connectivity index is 2.28. The van der Waals surface area contributed by atoms with Crippen LogP contribution in [-0.2, 0) is 0 Å². The van der Waals surface area contributed by atoms with Crippen molar-refractivity contribution in [1.29, 1.82) is 5.26 Å². The molecule has 0 spiro atoms. The molecule has 0 radical (unpaired) electrons. The SMILES string of the molecule is CC(C#N)c1ccc(Br)c(C2CCCCC2)c1.